The second kappa shape index (κ2) is 7.26. The van der Waals surface area contributed by atoms with Gasteiger partial charge in [-0.1, -0.05) is 18.2 Å². The lowest BCUT2D eigenvalue weighted by molar-refractivity contribution is 0.102. The van der Waals surface area contributed by atoms with E-state index in [9.17, 15) is 13.6 Å². The third kappa shape index (κ3) is 3.66. The number of aryl methyl sites for hydroxylation is 1. The summed E-state index contributed by atoms with van der Waals surface area (Å²) in [4.78, 5) is 20.3. The van der Waals surface area contributed by atoms with E-state index < -0.39 is 17.5 Å². The first kappa shape index (κ1) is 17.5. The van der Waals surface area contributed by atoms with Crippen LogP contribution in [0.25, 0.3) is 0 Å². The number of para-hydroxylation sites is 1. The molecule has 1 amide bonds. The van der Waals surface area contributed by atoms with Gasteiger partial charge in [-0.3, -0.25) is 4.79 Å². The normalized spacial score (nSPS) is 10.5. The highest BCUT2D eigenvalue weighted by Crippen LogP contribution is 2.23. The number of nitrogens with one attached hydrogen (secondary N) is 2. The summed E-state index contributed by atoms with van der Waals surface area (Å²) in [5, 5.41) is 5.32. The Kier molecular flexibility index (Phi) is 4.88. The van der Waals surface area contributed by atoms with Crippen molar-refractivity contribution in [2.45, 2.75) is 13.8 Å². The van der Waals surface area contributed by atoms with Gasteiger partial charge in [0.05, 0.1) is 0 Å². The maximum atomic E-state index is 13.7. The summed E-state index contributed by atoms with van der Waals surface area (Å²) in [6, 6.07) is 10.4. The van der Waals surface area contributed by atoms with Gasteiger partial charge in [-0.2, -0.15) is 0 Å². The Morgan fingerprint density at radius 2 is 1.69 bits per heavy atom. The lowest BCUT2D eigenvalue weighted by Gasteiger charge is -2.11. The number of rotatable bonds is 4. The summed E-state index contributed by atoms with van der Waals surface area (Å²) in [6.45, 7) is 3.85. The van der Waals surface area contributed by atoms with Crippen molar-refractivity contribution in [2.24, 2.45) is 0 Å². The van der Waals surface area contributed by atoms with Crippen LogP contribution >= 0.6 is 0 Å². The van der Waals surface area contributed by atoms with Gasteiger partial charge >= 0.3 is 0 Å². The first-order valence-electron chi connectivity index (χ1n) is 7.86. The van der Waals surface area contributed by atoms with E-state index in [4.69, 9.17) is 0 Å². The van der Waals surface area contributed by atoms with Crippen LogP contribution in [0.15, 0.2) is 48.8 Å². The summed E-state index contributed by atoms with van der Waals surface area (Å²) >= 11 is 0. The number of nitrogens with zero attached hydrogens (tertiary/aromatic N) is 2. The largest absolute Gasteiger partial charge is 0.335 e. The van der Waals surface area contributed by atoms with Crippen LogP contribution in [0.2, 0.25) is 0 Å². The Morgan fingerprint density at radius 3 is 2.42 bits per heavy atom. The Labute approximate surface area is 149 Å². The fourth-order valence-corrected chi connectivity index (χ4v) is 2.37. The number of amides is 1. The minimum Gasteiger partial charge on any atom is -0.335 e. The number of carbonyl (C=O) groups is 1. The van der Waals surface area contributed by atoms with Gasteiger partial charge in [0.1, 0.15) is 35.2 Å². The molecular formula is C19H16F2N4O. The van der Waals surface area contributed by atoms with Crippen molar-refractivity contribution in [2.75, 3.05) is 10.6 Å². The average Bonchev–Trinajstić information content (AvgIpc) is 2.62. The van der Waals surface area contributed by atoms with Crippen LogP contribution in [-0.2, 0) is 0 Å². The first-order chi connectivity index (χ1) is 12.5. The molecule has 3 rings (SSSR count). The predicted octanol–water partition coefficient (Wildman–Crippen LogP) is 4.37. The quantitative estimate of drug-likeness (QED) is 0.730. The van der Waals surface area contributed by atoms with E-state index >= 15 is 0 Å². The second-order valence-corrected chi connectivity index (χ2v) is 5.71. The smallest absolute Gasteiger partial charge is 0.274 e. The summed E-state index contributed by atoms with van der Waals surface area (Å²) in [6.07, 6.45) is 1.15. The van der Waals surface area contributed by atoms with Crippen LogP contribution < -0.4 is 10.6 Å². The van der Waals surface area contributed by atoms with Crippen molar-refractivity contribution in [3.8, 4) is 0 Å². The number of halogens is 2. The third-order valence-electron chi connectivity index (χ3n) is 3.97. The second-order valence-electron chi connectivity index (χ2n) is 5.71. The molecule has 2 aromatic carbocycles. The van der Waals surface area contributed by atoms with E-state index in [0.717, 1.165) is 29.6 Å². The number of aromatic nitrogens is 2. The van der Waals surface area contributed by atoms with Crippen molar-refractivity contribution < 1.29 is 13.6 Å². The van der Waals surface area contributed by atoms with Crippen molar-refractivity contribution in [3.05, 3.63) is 77.2 Å². The number of carbonyl (C=O) groups excluding carboxylic acids is 1. The van der Waals surface area contributed by atoms with Crippen molar-refractivity contribution >= 4 is 23.1 Å². The highest BCUT2D eigenvalue weighted by molar-refractivity contribution is 6.03. The van der Waals surface area contributed by atoms with Gasteiger partial charge in [0, 0.05) is 11.8 Å². The lowest BCUT2D eigenvalue weighted by Crippen LogP contribution is -2.15. The molecule has 0 radical (unpaired) electrons. The standard InChI is InChI=1S/C19H16F2N4O/c1-11-5-3-8-15(12(11)2)24-19(26)16-9-17(23-10-22-16)25-18-13(20)6-4-7-14(18)21/h3-10H,1-2H3,(H,24,26)(H,22,23,25). The molecule has 0 saturated heterocycles. The molecule has 0 aliphatic carbocycles. The SMILES string of the molecule is Cc1cccc(NC(=O)c2cc(Nc3c(F)cccc3F)ncn2)c1C. The zero-order valence-electron chi connectivity index (χ0n) is 14.2. The molecule has 0 unspecified atom stereocenters. The fourth-order valence-electron chi connectivity index (χ4n) is 2.37. The molecule has 0 aliphatic rings. The van der Waals surface area contributed by atoms with Crippen LogP contribution in [0.4, 0.5) is 26.0 Å². The minimum absolute atomic E-state index is 0.0696. The topological polar surface area (TPSA) is 66.9 Å². The highest BCUT2D eigenvalue weighted by Gasteiger charge is 2.13. The lowest BCUT2D eigenvalue weighted by atomic mass is 10.1. The molecule has 26 heavy (non-hydrogen) atoms. The summed E-state index contributed by atoms with van der Waals surface area (Å²) < 4.78 is 27.5. The molecule has 0 saturated carbocycles. The number of anilines is 3. The zero-order valence-corrected chi connectivity index (χ0v) is 14.2. The van der Waals surface area contributed by atoms with Crippen LogP contribution in [0.3, 0.4) is 0 Å². The van der Waals surface area contributed by atoms with Crippen molar-refractivity contribution in [1.29, 1.82) is 0 Å². The third-order valence-corrected chi connectivity index (χ3v) is 3.97. The summed E-state index contributed by atoms with van der Waals surface area (Å²) in [5.41, 5.74) is 2.39. The molecule has 0 spiro atoms. The Morgan fingerprint density at radius 1 is 1.00 bits per heavy atom. The Hall–Kier alpha value is -3.35. The van der Waals surface area contributed by atoms with E-state index in [1.165, 1.54) is 12.1 Å². The van der Waals surface area contributed by atoms with Gasteiger partial charge in [0.25, 0.3) is 5.91 Å². The molecular weight excluding hydrogens is 338 g/mol. The summed E-state index contributed by atoms with van der Waals surface area (Å²) in [7, 11) is 0. The predicted molar refractivity (Wildman–Crippen MR) is 95.5 cm³/mol. The van der Waals surface area contributed by atoms with E-state index in [-0.39, 0.29) is 17.2 Å². The maximum absolute atomic E-state index is 13.7. The molecule has 0 bridgehead atoms. The Balaban J connectivity index is 1.83. The van der Waals surface area contributed by atoms with Gasteiger partial charge in [-0.15, -0.1) is 0 Å². The van der Waals surface area contributed by atoms with Gasteiger partial charge in [0.2, 0.25) is 0 Å². The van der Waals surface area contributed by atoms with E-state index in [0.29, 0.717) is 5.69 Å². The number of hydrogen-bond acceptors (Lipinski definition) is 4. The van der Waals surface area contributed by atoms with Crippen molar-refractivity contribution in [1.82, 2.24) is 9.97 Å². The van der Waals surface area contributed by atoms with Crippen LogP contribution in [0, 0.1) is 25.5 Å². The molecule has 5 nitrogen and oxygen atoms in total. The van der Waals surface area contributed by atoms with Crippen molar-refractivity contribution in [3.63, 3.8) is 0 Å². The molecule has 0 atom stereocenters. The van der Waals surface area contributed by atoms with Crippen LogP contribution in [0.1, 0.15) is 21.6 Å². The van der Waals surface area contributed by atoms with Crippen LogP contribution in [-0.4, -0.2) is 15.9 Å². The van der Waals surface area contributed by atoms with Gasteiger partial charge in [-0.25, -0.2) is 18.7 Å². The number of hydrogen-bond donors (Lipinski definition) is 2. The van der Waals surface area contributed by atoms with Gasteiger partial charge < -0.3 is 10.6 Å². The first-order valence-corrected chi connectivity index (χ1v) is 7.86. The molecule has 1 heterocycles. The molecule has 7 heteroatoms. The molecule has 3 aromatic rings. The molecule has 0 aliphatic heterocycles. The fraction of sp³-hybridized carbons (Fsp3) is 0.105. The van der Waals surface area contributed by atoms with E-state index in [1.807, 2.05) is 26.0 Å². The highest BCUT2D eigenvalue weighted by atomic mass is 19.1. The maximum Gasteiger partial charge on any atom is 0.274 e. The molecule has 2 N–H and O–H groups in total. The average molecular weight is 354 g/mol. The van der Waals surface area contributed by atoms with Gasteiger partial charge in [0.15, 0.2) is 0 Å². The molecule has 132 valence electrons. The zero-order chi connectivity index (χ0) is 18.7. The molecule has 0 fully saturated rings. The van der Waals surface area contributed by atoms with E-state index in [1.54, 1.807) is 6.07 Å². The monoisotopic (exact) mass is 354 g/mol. The Bertz CT molecular complexity index is 955. The number of benzene rings is 2. The molecule has 1 aromatic heterocycles. The van der Waals surface area contributed by atoms with E-state index in [2.05, 4.69) is 20.6 Å². The van der Waals surface area contributed by atoms with Crippen LogP contribution in [0.5, 0.6) is 0 Å². The summed E-state index contributed by atoms with van der Waals surface area (Å²) in [5.74, 6) is -1.86. The minimum atomic E-state index is -0.759. The van der Waals surface area contributed by atoms with Gasteiger partial charge in [-0.05, 0) is 43.2 Å².